The number of imidazole rings is 1. The molecule has 0 aliphatic rings. The lowest BCUT2D eigenvalue weighted by Crippen LogP contribution is -2.03. The number of nitrogens with one attached hydrogen (secondary N) is 1. The highest BCUT2D eigenvalue weighted by molar-refractivity contribution is 9.10. The zero-order valence-electron chi connectivity index (χ0n) is 11.5. The van der Waals surface area contributed by atoms with Gasteiger partial charge in [-0.1, -0.05) is 18.2 Å². The Morgan fingerprint density at radius 3 is 3.00 bits per heavy atom. The first kappa shape index (κ1) is 14.4. The number of nitrogens with zero attached hydrogens (tertiary/aromatic N) is 2. The number of pyridine rings is 1. The molecule has 0 radical (unpaired) electrons. The van der Waals surface area contributed by atoms with Crippen molar-refractivity contribution in [1.82, 2.24) is 14.5 Å². The Labute approximate surface area is 135 Å². The number of H-pyrrole nitrogens is 1. The topological polar surface area (TPSA) is 42.8 Å². The molecule has 0 saturated carbocycles. The summed E-state index contributed by atoms with van der Waals surface area (Å²) >= 11 is 8.90. The fourth-order valence-corrected chi connectivity index (χ4v) is 2.97. The van der Waals surface area contributed by atoms with Gasteiger partial charge in [0.1, 0.15) is 0 Å². The van der Waals surface area contributed by atoms with Crippen molar-refractivity contribution in [3.8, 4) is 5.69 Å². The Balaban J connectivity index is 2.21. The molecule has 2 aromatic heterocycles. The Bertz CT molecular complexity index is 840. The standard InChI is InChI=1S/C15H14BrN3OS/c1-20-7-6-10-4-2-3-5-13(10)19-14-12(18-15(19)21)8-11(16)9-17-14/h2-5,8-9H,6-7H2,1H3,(H,18,21). The average Bonchev–Trinajstić information content (AvgIpc) is 2.80. The second-order valence-electron chi connectivity index (χ2n) is 4.66. The summed E-state index contributed by atoms with van der Waals surface area (Å²) in [5.74, 6) is 0. The Kier molecular flexibility index (Phi) is 4.19. The summed E-state index contributed by atoms with van der Waals surface area (Å²) in [6, 6.07) is 10.2. The molecule has 108 valence electrons. The van der Waals surface area contributed by atoms with Crippen molar-refractivity contribution < 1.29 is 4.74 Å². The lowest BCUT2D eigenvalue weighted by molar-refractivity contribution is 0.202. The maximum atomic E-state index is 5.47. The van der Waals surface area contributed by atoms with Crippen molar-refractivity contribution in [2.24, 2.45) is 0 Å². The summed E-state index contributed by atoms with van der Waals surface area (Å²) < 4.78 is 8.72. The zero-order chi connectivity index (χ0) is 14.8. The van der Waals surface area contributed by atoms with E-state index in [9.17, 15) is 0 Å². The maximum Gasteiger partial charge on any atom is 0.184 e. The van der Waals surface area contributed by atoms with Gasteiger partial charge in [0, 0.05) is 17.8 Å². The molecule has 3 rings (SSSR count). The van der Waals surface area contributed by atoms with Gasteiger partial charge < -0.3 is 9.72 Å². The van der Waals surface area contributed by atoms with Gasteiger partial charge in [0.05, 0.1) is 17.8 Å². The van der Waals surface area contributed by atoms with E-state index in [1.54, 1.807) is 13.3 Å². The van der Waals surface area contributed by atoms with Gasteiger partial charge in [0.15, 0.2) is 10.4 Å². The van der Waals surface area contributed by atoms with Crippen LogP contribution in [-0.2, 0) is 11.2 Å². The summed E-state index contributed by atoms with van der Waals surface area (Å²) in [7, 11) is 1.71. The van der Waals surface area contributed by atoms with Crippen LogP contribution in [0.1, 0.15) is 5.56 Å². The highest BCUT2D eigenvalue weighted by atomic mass is 79.9. The first-order chi connectivity index (χ1) is 10.2. The number of methoxy groups -OCH3 is 1. The third kappa shape index (κ3) is 2.79. The third-order valence-electron chi connectivity index (χ3n) is 3.30. The molecule has 0 atom stereocenters. The molecule has 0 amide bonds. The number of rotatable bonds is 4. The Morgan fingerprint density at radius 1 is 1.38 bits per heavy atom. The molecule has 0 unspecified atom stereocenters. The van der Waals surface area contributed by atoms with E-state index in [1.807, 2.05) is 22.8 Å². The third-order valence-corrected chi connectivity index (χ3v) is 4.02. The lowest BCUT2D eigenvalue weighted by atomic mass is 10.1. The molecule has 0 aliphatic heterocycles. The second-order valence-corrected chi connectivity index (χ2v) is 5.96. The van der Waals surface area contributed by atoms with E-state index in [-0.39, 0.29) is 0 Å². The number of hydrogen-bond acceptors (Lipinski definition) is 3. The van der Waals surface area contributed by atoms with Crippen molar-refractivity contribution in [2.75, 3.05) is 13.7 Å². The molecule has 0 saturated heterocycles. The number of halogens is 1. The number of benzene rings is 1. The van der Waals surface area contributed by atoms with Gasteiger partial charge in [-0.15, -0.1) is 0 Å². The van der Waals surface area contributed by atoms with Crippen LogP contribution in [0.3, 0.4) is 0 Å². The van der Waals surface area contributed by atoms with Crippen molar-refractivity contribution in [2.45, 2.75) is 6.42 Å². The predicted molar refractivity (Wildman–Crippen MR) is 89.5 cm³/mol. The van der Waals surface area contributed by atoms with E-state index in [1.165, 1.54) is 5.56 Å². The Hall–Kier alpha value is -1.50. The van der Waals surface area contributed by atoms with Gasteiger partial charge in [-0.25, -0.2) is 4.98 Å². The van der Waals surface area contributed by atoms with Crippen molar-refractivity contribution in [3.05, 3.63) is 51.3 Å². The molecule has 4 nitrogen and oxygen atoms in total. The summed E-state index contributed by atoms with van der Waals surface area (Å²) in [6.07, 6.45) is 2.61. The van der Waals surface area contributed by atoms with Crippen LogP contribution in [0.25, 0.3) is 16.9 Å². The highest BCUT2D eigenvalue weighted by Crippen LogP contribution is 2.23. The minimum absolute atomic E-state index is 0.639. The molecule has 0 aliphatic carbocycles. The van der Waals surface area contributed by atoms with Crippen LogP contribution in [-0.4, -0.2) is 28.3 Å². The fraction of sp³-hybridized carbons (Fsp3) is 0.200. The molecular weight excluding hydrogens is 350 g/mol. The quantitative estimate of drug-likeness (QED) is 0.711. The lowest BCUT2D eigenvalue weighted by Gasteiger charge is -2.10. The summed E-state index contributed by atoms with van der Waals surface area (Å²) in [5, 5.41) is 0. The summed E-state index contributed by atoms with van der Waals surface area (Å²) in [4.78, 5) is 7.69. The van der Waals surface area contributed by atoms with E-state index < -0.39 is 0 Å². The normalized spacial score (nSPS) is 11.1. The van der Waals surface area contributed by atoms with Crippen LogP contribution in [0.2, 0.25) is 0 Å². The van der Waals surface area contributed by atoms with Gasteiger partial charge in [-0.3, -0.25) is 4.57 Å². The summed E-state index contributed by atoms with van der Waals surface area (Å²) in [5.41, 5.74) is 3.96. The molecule has 0 spiro atoms. The number of fused-ring (bicyclic) bond motifs is 1. The second kappa shape index (κ2) is 6.09. The SMILES string of the molecule is COCCc1ccccc1-n1c(=S)[nH]c2cc(Br)cnc21. The largest absolute Gasteiger partial charge is 0.384 e. The minimum atomic E-state index is 0.639. The predicted octanol–water partition coefficient (Wildman–Crippen LogP) is 4.03. The van der Waals surface area contributed by atoms with E-state index >= 15 is 0 Å². The molecule has 2 heterocycles. The van der Waals surface area contributed by atoms with E-state index in [4.69, 9.17) is 17.0 Å². The van der Waals surface area contributed by atoms with Gasteiger partial charge >= 0.3 is 0 Å². The van der Waals surface area contributed by atoms with Crippen molar-refractivity contribution >= 4 is 39.3 Å². The molecular formula is C15H14BrN3OS. The monoisotopic (exact) mass is 363 g/mol. The first-order valence-electron chi connectivity index (χ1n) is 6.54. The van der Waals surface area contributed by atoms with Gasteiger partial charge in [0.25, 0.3) is 0 Å². The van der Waals surface area contributed by atoms with Crippen molar-refractivity contribution in [3.63, 3.8) is 0 Å². The number of ether oxygens (including phenoxy) is 1. The van der Waals surface area contributed by atoms with E-state index in [0.717, 1.165) is 27.7 Å². The van der Waals surface area contributed by atoms with Crippen LogP contribution in [0, 0.1) is 4.77 Å². The zero-order valence-corrected chi connectivity index (χ0v) is 13.9. The molecule has 0 bridgehead atoms. The number of para-hydroxylation sites is 1. The van der Waals surface area contributed by atoms with Crippen LogP contribution in [0.5, 0.6) is 0 Å². The van der Waals surface area contributed by atoms with Gasteiger partial charge in [0.2, 0.25) is 0 Å². The summed E-state index contributed by atoms with van der Waals surface area (Å²) in [6.45, 7) is 0.672. The van der Waals surface area contributed by atoms with Crippen molar-refractivity contribution in [1.29, 1.82) is 0 Å². The molecule has 0 fully saturated rings. The number of hydrogen-bond donors (Lipinski definition) is 1. The van der Waals surface area contributed by atoms with E-state index in [0.29, 0.717) is 11.4 Å². The van der Waals surface area contributed by atoms with Gasteiger partial charge in [-0.2, -0.15) is 0 Å². The highest BCUT2D eigenvalue weighted by Gasteiger charge is 2.11. The average molecular weight is 364 g/mol. The van der Waals surface area contributed by atoms with E-state index in [2.05, 4.69) is 38.0 Å². The van der Waals surface area contributed by atoms with Crippen LogP contribution in [0.15, 0.2) is 41.0 Å². The minimum Gasteiger partial charge on any atom is -0.384 e. The molecule has 1 N–H and O–H groups in total. The molecule has 1 aromatic carbocycles. The van der Waals surface area contributed by atoms with Gasteiger partial charge in [-0.05, 0) is 52.3 Å². The molecule has 21 heavy (non-hydrogen) atoms. The van der Waals surface area contributed by atoms with Crippen LogP contribution >= 0.6 is 28.1 Å². The number of aromatic nitrogens is 3. The number of aromatic amines is 1. The Morgan fingerprint density at radius 2 is 2.19 bits per heavy atom. The smallest absolute Gasteiger partial charge is 0.184 e. The van der Waals surface area contributed by atoms with Crippen LogP contribution in [0.4, 0.5) is 0 Å². The first-order valence-corrected chi connectivity index (χ1v) is 7.74. The maximum absolute atomic E-state index is 5.47. The molecule has 3 aromatic rings. The fourth-order valence-electron chi connectivity index (χ4n) is 2.35. The molecule has 6 heteroatoms. The van der Waals surface area contributed by atoms with Crippen LogP contribution < -0.4 is 0 Å².